The van der Waals surface area contributed by atoms with Crippen molar-refractivity contribution in [2.45, 2.75) is 19.6 Å². The van der Waals surface area contributed by atoms with Crippen molar-refractivity contribution in [1.82, 2.24) is 19.8 Å². The van der Waals surface area contributed by atoms with Gasteiger partial charge in [-0.05, 0) is 6.92 Å². The molecule has 0 aliphatic carbocycles. The minimum Gasteiger partial charge on any atom is -0.389 e. The fraction of sp³-hybridized carbons (Fsp3) is 0.750. The maximum absolute atomic E-state index is 9.24. The van der Waals surface area contributed by atoms with E-state index in [1.807, 2.05) is 18.5 Å². The molecule has 14 heavy (non-hydrogen) atoms. The minimum atomic E-state index is -0.385. The molecule has 1 N–H and O–H groups in total. The summed E-state index contributed by atoms with van der Waals surface area (Å²) in [5.41, 5.74) is 0. The van der Waals surface area contributed by atoms with Crippen LogP contribution in [0.1, 0.15) is 11.6 Å². The molecule has 0 amide bonds. The summed E-state index contributed by atoms with van der Waals surface area (Å²) in [4.78, 5) is 5.24. The number of hydrogen-bond donors (Lipinski definition) is 1. The Kier molecular flexibility index (Phi) is 2.49. The fourth-order valence-electron chi connectivity index (χ4n) is 1.39. The third-order valence-corrected chi connectivity index (χ3v) is 2.36. The van der Waals surface area contributed by atoms with Crippen molar-refractivity contribution >= 4 is 0 Å². The predicted molar refractivity (Wildman–Crippen MR) is 48.1 cm³/mol. The van der Waals surface area contributed by atoms with Crippen LogP contribution in [0.5, 0.6) is 0 Å². The van der Waals surface area contributed by atoms with Gasteiger partial charge >= 0.3 is 0 Å². The summed E-state index contributed by atoms with van der Waals surface area (Å²) >= 11 is 0. The van der Waals surface area contributed by atoms with Gasteiger partial charge in [0.25, 0.3) is 0 Å². The second-order valence-corrected chi connectivity index (χ2v) is 3.49. The van der Waals surface area contributed by atoms with Crippen LogP contribution in [-0.4, -0.2) is 44.2 Å². The van der Waals surface area contributed by atoms with E-state index in [1.54, 1.807) is 5.06 Å². The Hall–Kier alpha value is -0.980. The molecule has 6 nitrogen and oxygen atoms in total. The van der Waals surface area contributed by atoms with E-state index >= 15 is 0 Å². The van der Waals surface area contributed by atoms with Gasteiger partial charge in [-0.15, -0.1) is 10.2 Å². The fourth-order valence-corrected chi connectivity index (χ4v) is 1.39. The third kappa shape index (κ3) is 1.77. The van der Waals surface area contributed by atoms with Gasteiger partial charge in [-0.3, -0.25) is 4.84 Å². The van der Waals surface area contributed by atoms with Gasteiger partial charge in [-0.25, -0.2) is 0 Å². The molecule has 6 heteroatoms. The van der Waals surface area contributed by atoms with Gasteiger partial charge in [0.2, 0.25) is 0 Å². The molecular formula is C8H14N4O2. The van der Waals surface area contributed by atoms with Crippen LogP contribution in [0, 0.1) is 6.92 Å². The van der Waals surface area contributed by atoms with Crippen LogP contribution in [0.3, 0.4) is 0 Å². The lowest BCUT2D eigenvalue weighted by Gasteiger charge is -2.12. The highest BCUT2D eigenvalue weighted by Gasteiger charge is 2.22. The van der Waals surface area contributed by atoms with Crippen molar-refractivity contribution < 1.29 is 9.94 Å². The normalized spacial score (nSPS) is 23.2. The van der Waals surface area contributed by atoms with Crippen molar-refractivity contribution in [3.8, 4) is 0 Å². The first-order chi connectivity index (χ1) is 6.66. The highest BCUT2D eigenvalue weighted by atomic mass is 16.7. The molecule has 2 heterocycles. The first-order valence-electron chi connectivity index (χ1n) is 4.57. The lowest BCUT2D eigenvalue weighted by molar-refractivity contribution is -0.119. The average Bonchev–Trinajstić information content (AvgIpc) is 2.67. The molecule has 1 aliphatic rings. The number of aliphatic hydroxyl groups excluding tert-OH is 1. The number of aromatic nitrogens is 3. The van der Waals surface area contributed by atoms with Gasteiger partial charge < -0.3 is 9.67 Å². The molecule has 0 bridgehead atoms. The molecule has 1 fully saturated rings. The molecule has 1 aromatic heterocycles. The van der Waals surface area contributed by atoms with Gasteiger partial charge in [0.05, 0.1) is 25.8 Å². The second kappa shape index (κ2) is 3.64. The zero-order valence-electron chi connectivity index (χ0n) is 8.34. The lowest BCUT2D eigenvalue weighted by atomic mass is 10.4. The number of aliphatic hydroxyl groups is 1. The minimum absolute atomic E-state index is 0.372. The van der Waals surface area contributed by atoms with Gasteiger partial charge in [0, 0.05) is 7.05 Å². The molecule has 0 aromatic carbocycles. The Morgan fingerprint density at radius 1 is 1.57 bits per heavy atom. The molecule has 1 aromatic rings. The molecule has 2 rings (SSSR count). The number of β-amino-alcohol motifs (C(OH)–C–C–N with tert-alkyl or cyclic N) is 1. The Labute approximate surface area is 82.1 Å². The first-order valence-corrected chi connectivity index (χ1v) is 4.57. The second-order valence-electron chi connectivity index (χ2n) is 3.49. The highest BCUT2D eigenvalue weighted by Crippen LogP contribution is 2.09. The van der Waals surface area contributed by atoms with E-state index in [-0.39, 0.29) is 6.10 Å². The smallest absolute Gasteiger partial charge is 0.149 e. The summed E-state index contributed by atoms with van der Waals surface area (Å²) in [6, 6.07) is 0. The van der Waals surface area contributed by atoms with Crippen LogP contribution in [0.15, 0.2) is 0 Å². The Morgan fingerprint density at radius 3 is 2.86 bits per heavy atom. The average molecular weight is 198 g/mol. The number of aryl methyl sites for hydroxylation is 1. The zero-order chi connectivity index (χ0) is 10.1. The summed E-state index contributed by atoms with van der Waals surface area (Å²) in [5.74, 6) is 1.72. The van der Waals surface area contributed by atoms with Crippen molar-refractivity contribution in [3.05, 3.63) is 11.6 Å². The van der Waals surface area contributed by atoms with Crippen molar-refractivity contribution in [2.75, 3.05) is 13.2 Å². The van der Waals surface area contributed by atoms with Crippen LogP contribution < -0.4 is 0 Å². The van der Waals surface area contributed by atoms with Crippen molar-refractivity contribution in [1.29, 1.82) is 0 Å². The SMILES string of the molecule is Cc1nnc(CN2C[C@@H](O)CO2)n1C. The largest absolute Gasteiger partial charge is 0.389 e. The van der Waals surface area contributed by atoms with Crippen LogP contribution in [0.2, 0.25) is 0 Å². The van der Waals surface area contributed by atoms with Gasteiger partial charge in [-0.2, -0.15) is 5.06 Å². The molecule has 78 valence electrons. The molecule has 1 aliphatic heterocycles. The predicted octanol–water partition coefficient (Wildman–Crippen LogP) is -0.768. The first kappa shape index (κ1) is 9.57. The van der Waals surface area contributed by atoms with E-state index in [0.29, 0.717) is 19.7 Å². The maximum Gasteiger partial charge on any atom is 0.149 e. The third-order valence-electron chi connectivity index (χ3n) is 2.36. The molecule has 1 saturated heterocycles. The monoisotopic (exact) mass is 198 g/mol. The summed E-state index contributed by atoms with van der Waals surface area (Å²) < 4.78 is 1.91. The lowest BCUT2D eigenvalue weighted by Crippen LogP contribution is -2.22. The summed E-state index contributed by atoms with van der Waals surface area (Å²) in [6.45, 7) is 3.37. The zero-order valence-corrected chi connectivity index (χ0v) is 8.34. The van der Waals surface area contributed by atoms with Crippen LogP contribution >= 0.6 is 0 Å². The molecule has 1 atom stereocenters. The maximum atomic E-state index is 9.24. The van der Waals surface area contributed by atoms with E-state index in [0.717, 1.165) is 11.6 Å². The number of hydrogen-bond acceptors (Lipinski definition) is 5. The summed E-state index contributed by atoms with van der Waals surface area (Å²) in [6.07, 6.45) is -0.385. The van der Waals surface area contributed by atoms with E-state index in [1.165, 1.54) is 0 Å². The van der Waals surface area contributed by atoms with E-state index in [4.69, 9.17) is 4.84 Å². The van der Waals surface area contributed by atoms with Gasteiger partial charge in [-0.1, -0.05) is 0 Å². The van der Waals surface area contributed by atoms with Crippen molar-refractivity contribution in [2.24, 2.45) is 7.05 Å². The summed E-state index contributed by atoms with van der Waals surface area (Å²) in [7, 11) is 1.91. The highest BCUT2D eigenvalue weighted by molar-refractivity contribution is 4.92. The Bertz CT molecular complexity index is 325. The van der Waals surface area contributed by atoms with Crippen LogP contribution in [-0.2, 0) is 18.4 Å². The van der Waals surface area contributed by atoms with E-state index in [9.17, 15) is 5.11 Å². The number of rotatable bonds is 2. The molecule has 0 saturated carbocycles. The molecule has 0 radical (unpaired) electrons. The van der Waals surface area contributed by atoms with Gasteiger partial charge in [0.1, 0.15) is 11.6 Å². The Balaban J connectivity index is 2.01. The Morgan fingerprint density at radius 2 is 2.36 bits per heavy atom. The standard InChI is InChI=1S/C8H14N4O2/c1-6-9-10-8(11(6)2)4-12-3-7(13)5-14-12/h7,13H,3-5H2,1-2H3/t7-/m1/s1. The van der Waals surface area contributed by atoms with Gasteiger partial charge in [0.15, 0.2) is 0 Å². The molecular weight excluding hydrogens is 184 g/mol. The van der Waals surface area contributed by atoms with Crippen LogP contribution in [0.25, 0.3) is 0 Å². The summed E-state index contributed by atoms with van der Waals surface area (Å²) in [5, 5.41) is 18.9. The number of hydroxylamine groups is 2. The van der Waals surface area contributed by atoms with Crippen LogP contribution in [0.4, 0.5) is 0 Å². The molecule has 0 unspecified atom stereocenters. The van der Waals surface area contributed by atoms with E-state index in [2.05, 4.69) is 10.2 Å². The molecule has 0 spiro atoms. The quantitative estimate of drug-likeness (QED) is 0.676. The van der Waals surface area contributed by atoms with E-state index < -0.39 is 0 Å². The topological polar surface area (TPSA) is 63.4 Å². The van der Waals surface area contributed by atoms with Crippen molar-refractivity contribution in [3.63, 3.8) is 0 Å². The number of nitrogens with zero attached hydrogens (tertiary/aromatic N) is 4.